The van der Waals surface area contributed by atoms with Crippen LogP contribution in [0.1, 0.15) is 51.9 Å². The molecule has 0 aromatic rings. The minimum absolute atomic E-state index is 0.000765. The number of aliphatic hydroxyl groups is 1. The van der Waals surface area contributed by atoms with Crippen molar-refractivity contribution < 1.29 is 43.8 Å². The van der Waals surface area contributed by atoms with Gasteiger partial charge in [0.2, 0.25) is 29.5 Å². The van der Waals surface area contributed by atoms with Crippen molar-refractivity contribution in [2.24, 2.45) is 27.9 Å². The second kappa shape index (κ2) is 17.5. The van der Waals surface area contributed by atoms with E-state index >= 15 is 0 Å². The zero-order valence-corrected chi connectivity index (χ0v) is 23.4. The second-order valence-electron chi connectivity index (χ2n) is 9.89. The summed E-state index contributed by atoms with van der Waals surface area (Å²) in [5.41, 5.74) is 21.5. The summed E-state index contributed by atoms with van der Waals surface area (Å²) >= 11 is 0. The molecule has 1 aliphatic rings. The summed E-state index contributed by atoms with van der Waals surface area (Å²) in [7, 11) is 0. The fraction of sp³-hybridized carbons (Fsp3) is 0.667. The standard InChI is InChI=1S/C24H41N9O9/c1-12(35)19(32-20(39)14(25)6-7-17(26)36)22(41)31-15(4-2-8-29-24(27)28)23(42)33-9-3-5-16(33)21(40)30-13(11-34)10-18(37)38/h11-16,19,35H,2-10,25H2,1H3,(H2,26,36)(H,30,40)(H,31,41)(H,32,39)(H,37,38)(H4,27,28,29)/t12-,13+,14-,15+,16+,19+/m1/s1. The Hall–Kier alpha value is -4.32. The first kappa shape index (κ1) is 35.7. The number of likely N-dealkylation sites (tertiary alicyclic amines) is 1. The molecule has 0 saturated carbocycles. The molecule has 6 atom stereocenters. The van der Waals surface area contributed by atoms with Gasteiger partial charge in [-0.3, -0.25) is 33.8 Å². The maximum absolute atomic E-state index is 13.6. The van der Waals surface area contributed by atoms with E-state index in [1.165, 1.54) is 11.8 Å². The smallest absolute Gasteiger partial charge is 0.305 e. The first-order chi connectivity index (χ1) is 19.7. The van der Waals surface area contributed by atoms with Gasteiger partial charge in [0.15, 0.2) is 5.96 Å². The van der Waals surface area contributed by atoms with Crippen LogP contribution in [0.2, 0.25) is 0 Å². The molecule has 0 aromatic heterocycles. The van der Waals surface area contributed by atoms with Crippen molar-refractivity contribution in [3.05, 3.63) is 0 Å². The van der Waals surface area contributed by atoms with Crippen LogP contribution in [0.4, 0.5) is 0 Å². The minimum atomic E-state index is -1.54. The molecule has 42 heavy (non-hydrogen) atoms. The molecule has 13 N–H and O–H groups in total. The number of hydrogen-bond donors (Lipinski definition) is 9. The SMILES string of the molecule is C[C@@H](O)[C@H](NC(=O)[C@H](N)CCC(N)=O)C(=O)N[C@@H](CCCN=C(N)N)C(=O)N1CCC[C@H]1C(=O)N[C@H](C=O)CC(=O)O. The van der Waals surface area contributed by atoms with E-state index in [4.69, 9.17) is 28.0 Å². The molecule has 1 heterocycles. The van der Waals surface area contributed by atoms with Crippen LogP contribution in [0.15, 0.2) is 4.99 Å². The van der Waals surface area contributed by atoms with Crippen LogP contribution < -0.4 is 38.9 Å². The zero-order chi connectivity index (χ0) is 32.0. The third-order valence-electron chi connectivity index (χ3n) is 6.39. The average molecular weight is 600 g/mol. The number of hydrogen-bond acceptors (Lipinski definition) is 10. The lowest BCUT2D eigenvalue weighted by atomic mass is 10.1. The molecule has 0 radical (unpaired) electrons. The van der Waals surface area contributed by atoms with E-state index in [1.54, 1.807) is 0 Å². The average Bonchev–Trinajstić information content (AvgIpc) is 3.40. The van der Waals surface area contributed by atoms with E-state index in [0.29, 0.717) is 6.42 Å². The number of nitrogens with one attached hydrogen (secondary N) is 3. The normalized spacial score (nSPS) is 18.0. The second-order valence-corrected chi connectivity index (χ2v) is 9.89. The van der Waals surface area contributed by atoms with Crippen molar-refractivity contribution in [2.75, 3.05) is 13.1 Å². The Balaban J connectivity index is 3.11. The summed E-state index contributed by atoms with van der Waals surface area (Å²) in [5, 5.41) is 26.3. The molecule has 236 valence electrons. The molecule has 0 unspecified atom stereocenters. The number of primary amides is 1. The third kappa shape index (κ3) is 12.0. The molecule has 1 fully saturated rings. The first-order valence-corrected chi connectivity index (χ1v) is 13.3. The van der Waals surface area contributed by atoms with E-state index < -0.39 is 78.2 Å². The predicted octanol–water partition coefficient (Wildman–Crippen LogP) is -4.87. The zero-order valence-electron chi connectivity index (χ0n) is 23.4. The van der Waals surface area contributed by atoms with E-state index in [-0.39, 0.29) is 57.4 Å². The van der Waals surface area contributed by atoms with Gasteiger partial charge in [0.1, 0.15) is 24.4 Å². The number of aliphatic carboxylic acids is 1. The summed E-state index contributed by atoms with van der Waals surface area (Å²) in [6.45, 7) is 1.47. The fourth-order valence-corrected chi connectivity index (χ4v) is 4.22. The number of carboxylic acids is 1. The molecule has 0 bridgehead atoms. The van der Waals surface area contributed by atoms with Crippen molar-refractivity contribution >= 4 is 47.8 Å². The summed E-state index contributed by atoms with van der Waals surface area (Å²) in [6.07, 6.45) is -1.20. The van der Waals surface area contributed by atoms with E-state index in [2.05, 4.69) is 20.9 Å². The van der Waals surface area contributed by atoms with Crippen molar-refractivity contribution in [2.45, 2.75) is 88.2 Å². The van der Waals surface area contributed by atoms with Crippen LogP contribution in [-0.4, -0.2) is 112 Å². The topological polar surface area (TPSA) is 316 Å². The van der Waals surface area contributed by atoms with Gasteiger partial charge in [-0.25, -0.2) is 0 Å². The van der Waals surface area contributed by atoms with E-state index in [9.17, 15) is 38.7 Å². The Bertz CT molecular complexity index is 1030. The molecule has 5 amide bonds. The molecule has 0 aromatic carbocycles. The molecule has 1 rings (SSSR count). The van der Waals surface area contributed by atoms with Gasteiger partial charge < -0.3 is 58.8 Å². The van der Waals surface area contributed by atoms with Gasteiger partial charge in [-0.05, 0) is 39.0 Å². The van der Waals surface area contributed by atoms with Crippen molar-refractivity contribution in [3.8, 4) is 0 Å². The Morgan fingerprint density at radius 2 is 1.71 bits per heavy atom. The predicted molar refractivity (Wildman–Crippen MR) is 147 cm³/mol. The highest BCUT2D eigenvalue weighted by Gasteiger charge is 2.39. The Labute approximate surface area is 242 Å². The molecular weight excluding hydrogens is 558 g/mol. The van der Waals surface area contributed by atoms with E-state index in [0.717, 1.165) is 0 Å². The minimum Gasteiger partial charge on any atom is -0.481 e. The number of nitrogens with zero attached hydrogens (tertiary/aromatic N) is 2. The largest absolute Gasteiger partial charge is 0.481 e. The van der Waals surface area contributed by atoms with Gasteiger partial charge >= 0.3 is 5.97 Å². The molecule has 18 nitrogen and oxygen atoms in total. The molecule has 1 aliphatic heterocycles. The number of carbonyl (C=O) groups is 7. The van der Waals surface area contributed by atoms with Crippen LogP contribution in [-0.2, 0) is 33.6 Å². The Morgan fingerprint density at radius 1 is 1.05 bits per heavy atom. The summed E-state index contributed by atoms with van der Waals surface area (Å²) in [5.74, 6) is -5.33. The molecular formula is C24H41N9O9. The number of nitrogens with two attached hydrogens (primary N) is 4. The number of carboxylic acid groups (broad SMARTS) is 1. The maximum atomic E-state index is 13.6. The highest BCUT2D eigenvalue weighted by molar-refractivity contribution is 5.96. The first-order valence-electron chi connectivity index (χ1n) is 13.3. The summed E-state index contributed by atoms with van der Waals surface area (Å²) in [6, 6.07) is -6.33. The number of guanidine groups is 1. The highest BCUT2D eigenvalue weighted by atomic mass is 16.4. The van der Waals surface area contributed by atoms with Crippen LogP contribution >= 0.6 is 0 Å². The van der Waals surface area contributed by atoms with Gasteiger partial charge in [0.05, 0.1) is 24.6 Å². The lowest BCUT2D eigenvalue weighted by molar-refractivity contribution is -0.143. The fourth-order valence-electron chi connectivity index (χ4n) is 4.22. The van der Waals surface area contributed by atoms with Gasteiger partial charge in [0, 0.05) is 19.5 Å². The third-order valence-corrected chi connectivity index (χ3v) is 6.39. The quantitative estimate of drug-likeness (QED) is 0.0310. The number of amides is 5. The van der Waals surface area contributed by atoms with E-state index in [1.807, 2.05) is 0 Å². The van der Waals surface area contributed by atoms with Crippen molar-refractivity contribution in [1.82, 2.24) is 20.9 Å². The highest BCUT2D eigenvalue weighted by Crippen LogP contribution is 2.20. The van der Waals surface area contributed by atoms with Crippen molar-refractivity contribution in [3.63, 3.8) is 0 Å². The number of aldehydes is 1. The van der Waals surface area contributed by atoms with Crippen molar-refractivity contribution in [1.29, 1.82) is 0 Å². The molecule has 1 saturated heterocycles. The van der Waals surface area contributed by atoms with Crippen LogP contribution in [0.3, 0.4) is 0 Å². The number of aliphatic hydroxyl groups excluding tert-OH is 1. The number of aliphatic imine (C=N–C) groups is 1. The molecule has 0 spiro atoms. The molecule has 18 heteroatoms. The van der Waals surface area contributed by atoms with Gasteiger partial charge in [0.25, 0.3) is 0 Å². The van der Waals surface area contributed by atoms with Crippen LogP contribution in [0.25, 0.3) is 0 Å². The lowest BCUT2D eigenvalue weighted by Crippen LogP contribution is -2.60. The Kier molecular flexibility index (Phi) is 14.9. The summed E-state index contributed by atoms with van der Waals surface area (Å²) < 4.78 is 0. The Morgan fingerprint density at radius 3 is 2.26 bits per heavy atom. The van der Waals surface area contributed by atoms with Crippen LogP contribution in [0, 0.1) is 0 Å². The molecule has 0 aliphatic carbocycles. The van der Waals surface area contributed by atoms with Gasteiger partial charge in [-0.15, -0.1) is 0 Å². The monoisotopic (exact) mass is 599 g/mol. The lowest BCUT2D eigenvalue weighted by Gasteiger charge is -2.30. The maximum Gasteiger partial charge on any atom is 0.305 e. The number of carbonyl (C=O) groups excluding carboxylic acids is 6. The summed E-state index contributed by atoms with van der Waals surface area (Å²) in [4.78, 5) is 90.3. The van der Waals surface area contributed by atoms with Gasteiger partial charge in [-0.2, -0.15) is 0 Å². The number of rotatable bonds is 18. The van der Waals surface area contributed by atoms with Gasteiger partial charge in [-0.1, -0.05) is 0 Å². The van der Waals surface area contributed by atoms with Crippen LogP contribution in [0.5, 0.6) is 0 Å².